The predicted molar refractivity (Wildman–Crippen MR) is 232 cm³/mol. The van der Waals surface area contributed by atoms with Crippen molar-refractivity contribution >= 4 is 131 Å². The van der Waals surface area contributed by atoms with E-state index in [0.29, 0.717) is 27.2 Å². The van der Waals surface area contributed by atoms with Gasteiger partial charge in [0, 0.05) is 59.4 Å². The van der Waals surface area contributed by atoms with Crippen molar-refractivity contribution in [2.45, 2.75) is 0 Å². The van der Waals surface area contributed by atoms with Crippen molar-refractivity contribution in [1.82, 2.24) is 19.9 Å². The molecule has 0 amide bonds. The lowest BCUT2D eigenvalue weighted by atomic mass is 9.93. The maximum Gasteiger partial charge on any atom is 0.206 e. The summed E-state index contributed by atoms with van der Waals surface area (Å²) in [5.41, 5.74) is 3.92. The Hall–Kier alpha value is -6.59. The zero-order chi connectivity index (χ0) is 36.3. The van der Waals surface area contributed by atoms with Gasteiger partial charge in [-0.1, -0.05) is 103 Å². The minimum absolute atomic E-state index is 0.467. The van der Waals surface area contributed by atoms with E-state index in [1.165, 1.54) is 30.9 Å². The second kappa shape index (κ2) is 11.5. The Morgan fingerprint density at radius 3 is 1.53 bits per heavy atom. The first kappa shape index (κ1) is 30.8. The van der Waals surface area contributed by atoms with Crippen LogP contribution in [-0.4, -0.2) is 19.9 Å². The highest BCUT2D eigenvalue weighted by Gasteiger charge is 2.34. The average Bonchev–Trinajstić information content (AvgIpc) is 3.62. The Balaban J connectivity index is 1.18. The van der Waals surface area contributed by atoms with Crippen LogP contribution < -0.4 is 16.2 Å². The number of aromatic nitrogens is 4. The zero-order valence-electron chi connectivity index (χ0n) is 29.1. The maximum absolute atomic E-state index is 16.5. The molecule has 12 rings (SSSR count). The number of nitrogens with zero attached hydrogens (tertiary/aromatic N) is 4. The number of hydrogen-bond donors (Lipinski definition) is 0. The molecule has 0 spiro atoms. The van der Waals surface area contributed by atoms with E-state index in [2.05, 4.69) is 84.9 Å². The summed E-state index contributed by atoms with van der Waals surface area (Å²) in [6.07, 6.45) is 3.56. The van der Waals surface area contributed by atoms with Gasteiger partial charge >= 0.3 is 0 Å². The fraction of sp³-hybridized carbons (Fsp3) is 0. The summed E-state index contributed by atoms with van der Waals surface area (Å²) in [6, 6.07) is 52.2. The maximum atomic E-state index is 16.5. The molecule has 12 aromatic rings. The van der Waals surface area contributed by atoms with E-state index < -0.39 is 7.14 Å². The molecule has 7 aromatic carbocycles. The third kappa shape index (κ3) is 4.44. The summed E-state index contributed by atoms with van der Waals surface area (Å²) in [7, 11) is -3.72. The predicted octanol–water partition coefficient (Wildman–Crippen LogP) is 11.3. The smallest absolute Gasteiger partial charge is 0.206 e. The lowest BCUT2D eigenvalue weighted by molar-refractivity contribution is 0.591. The minimum atomic E-state index is -3.72. The fourth-order valence-corrected chi connectivity index (χ4v) is 12.1. The van der Waals surface area contributed by atoms with Crippen molar-refractivity contribution in [3.8, 4) is 0 Å². The largest absolute Gasteiger partial charge is 0.305 e. The summed E-state index contributed by atoms with van der Waals surface area (Å²) >= 11 is 1.82. The van der Waals surface area contributed by atoms with Gasteiger partial charge in [0.05, 0.1) is 22.1 Å². The van der Waals surface area contributed by atoms with Gasteiger partial charge in [-0.15, -0.1) is 11.3 Å². The lowest BCUT2D eigenvalue weighted by Crippen LogP contribution is -2.29. The molecule has 55 heavy (non-hydrogen) atoms. The molecule has 0 radical (unpaired) electrons. The van der Waals surface area contributed by atoms with Crippen LogP contribution in [0.2, 0.25) is 0 Å². The van der Waals surface area contributed by atoms with Crippen LogP contribution >= 0.6 is 18.5 Å². The highest BCUT2D eigenvalue weighted by Crippen LogP contribution is 2.46. The number of benzene rings is 7. The number of hydrogen-bond acceptors (Lipinski definition) is 6. The molecule has 5 aromatic heterocycles. The second-order valence-electron chi connectivity index (χ2n) is 14.1. The van der Waals surface area contributed by atoms with Gasteiger partial charge in [-0.25, -0.2) is 9.97 Å². The SMILES string of the molecule is O=P(c1ccc2c(c1)c1ccccc1c1cc3c(cc21)sc1ccccc13)(c1ccc2ccc3cccnc3c2n1)c1ccc2ccc3cccnc3c2n1. The van der Waals surface area contributed by atoms with Crippen LogP contribution in [0.5, 0.6) is 0 Å². The topological polar surface area (TPSA) is 68.6 Å². The average molecular weight is 739 g/mol. The van der Waals surface area contributed by atoms with Gasteiger partial charge in [0.1, 0.15) is 10.9 Å². The Labute approximate surface area is 317 Å². The van der Waals surface area contributed by atoms with Crippen LogP contribution in [0.3, 0.4) is 0 Å². The molecule has 0 aliphatic carbocycles. The number of fused-ring (bicyclic) bond motifs is 15. The first-order valence-electron chi connectivity index (χ1n) is 18.2. The van der Waals surface area contributed by atoms with Gasteiger partial charge in [-0.05, 0) is 80.8 Å². The highest BCUT2D eigenvalue weighted by molar-refractivity contribution is 7.85. The van der Waals surface area contributed by atoms with Gasteiger partial charge in [-0.3, -0.25) is 9.97 Å². The minimum Gasteiger partial charge on any atom is -0.305 e. The molecule has 256 valence electrons. The van der Waals surface area contributed by atoms with Crippen LogP contribution in [0.4, 0.5) is 0 Å². The Kier molecular flexibility index (Phi) is 6.42. The van der Waals surface area contributed by atoms with Crippen molar-refractivity contribution in [3.63, 3.8) is 0 Å². The van der Waals surface area contributed by atoms with Crippen molar-refractivity contribution in [2.75, 3.05) is 0 Å². The van der Waals surface area contributed by atoms with Gasteiger partial charge < -0.3 is 4.57 Å². The molecule has 0 saturated carbocycles. The fourth-order valence-electron chi connectivity index (χ4n) is 8.52. The van der Waals surface area contributed by atoms with E-state index in [1.807, 2.05) is 78.1 Å². The molecule has 5 nitrogen and oxygen atoms in total. The Morgan fingerprint density at radius 1 is 0.382 bits per heavy atom. The molecule has 0 fully saturated rings. The first-order valence-corrected chi connectivity index (χ1v) is 20.7. The highest BCUT2D eigenvalue weighted by atomic mass is 32.1. The molecule has 5 heterocycles. The van der Waals surface area contributed by atoms with Crippen molar-refractivity contribution in [2.24, 2.45) is 0 Å². The molecule has 0 saturated heterocycles. The number of thiophene rings is 1. The molecule has 0 N–H and O–H groups in total. The molecular formula is C48H27N4OPS. The van der Waals surface area contributed by atoms with E-state index in [0.717, 1.165) is 54.1 Å². The molecule has 0 aliphatic rings. The van der Waals surface area contributed by atoms with Crippen LogP contribution in [0.1, 0.15) is 0 Å². The van der Waals surface area contributed by atoms with Gasteiger partial charge in [0.2, 0.25) is 7.14 Å². The lowest BCUT2D eigenvalue weighted by Gasteiger charge is -2.21. The van der Waals surface area contributed by atoms with E-state index >= 15 is 4.57 Å². The second-order valence-corrected chi connectivity index (χ2v) is 17.9. The summed E-state index contributed by atoms with van der Waals surface area (Å²) < 4.78 is 19.1. The molecule has 0 aliphatic heterocycles. The van der Waals surface area contributed by atoms with Crippen molar-refractivity contribution in [3.05, 3.63) is 164 Å². The summed E-state index contributed by atoms with van der Waals surface area (Å²) in [5.74, 6) is 0. The van der Waals surface area contributed by atoms with Gasteiger partial charge in [0.15, 0.2) is 0 Å². The first-order chi connectivity index (χ1) is 27.1. The standard InChI is InChI=1S/C48H27N4OPS/c53-54(43-21-17-30-15-13-28-7-5-23-49-45(28)47(30)51-43,44-22-18-31-16-14-29-8-6-24-50-46(29)48(31)52-44)32-19-20-35-37(25-32)33-9-1-2-10-34(33)38-26-40-36-11-3-4-12-41(36)55-42(40)27-39(35)38/h1-27H. The van der Waals surface area contributed by atoms with Crippen molar-refractivity contribution < 1.29 is 4.57 Å². The molecule has 0 unspecified atom stereocenters. The zero-order valence-corrected chi connectivity index (χ0v) is 30.9. The number of pyridine rings is 4. The van der Waals surface area contributed by atoms with Crippen LogP contribution in [0.15, 0.2) is 164 Å². The van der Waals surface area contributed by atoms with Crippen molar-refractivity contribution in [1.29, 1.82) is 0 Å². The molecule has 7 heteroatoms. The van der Waals surface area contributed by atoms with Crippen LogP contribution in [0, 0.1) is 0 Å². The van der Waals surface area contributed by atoms with Crippen LogP contribution in [0.25, 0.3) is 96.1 Å². The van der Waals surface area contributed by atoms with Gasteiger partial charge in [0.25, 0.3) is 0 Å². The summed E-state index contributed by atoms with van der Waals surface area (Å²) in [6.45, 7) is 0. The third-order valence-electron chi connectivity index (χ3n) is 11.2. The third-order valence-corrected chi connectivity index (χ3v) is 15.1. The molecule has 0 atom stereocenters. The van der Waals surface area contributed by atoms with E-state index in [9.17, 15) is 0 Å². The van der Waals surface area contributed by atoms with E-state index in [4.69, 9.17) is 19.9 Å². The normalized spacial score (nSPS) is 12.4. The molecular weight excluding hydrogens is 712 g/mol. The number of rotatable bonds is 3. The monoisotopic (exact) mass is 738 g/mol. The summed E-state index contributed by atoms with van der Waals surface area (Å²) in [5, 5.41) is 13.9. The summed E-state index contributed by atoms with van der Waals surface area (Å²) in [4.78, 5) is 19.9. The van der Waals surface area contributed by atoms with Gasteiger partial charge in [-0.2, -0.15) is 0 Å². The van der Waals surface area contributed by atoms with Crippen LogP contribution in [-0.2, 0) is 4.57 Å². The molecule has 0 bridgehead atoms. The quantitative estimate of drug-likeness (QED) is 0.133. The van der Waals surface area contributed by atoms with E-state index in [-0.39, 0.29) is 0 Å². The Morgan fingerprint density at radius 2 is 0.891 bits per heavy atom. The Bertz CT molecular complexity index is 3550. The van der Waals surface area contributed by atoms with E-state index in [1.54, 1.807) is 12.4 Å².